The van der Waals surface area contributed by atoms with E-state index in [1.165, 1.54) is 6.33 Å². The second-order valence-corrected chi connectivity index (χ2v) is 6.61. The molecule has 6 nitrogen and oxygen atoms in total. The zero-order chi connectivity index (χ0) is 18.1. The number of hydrogen-bond donors (Lipinski definition) is 0. The molecule has 1 aromatic heterocycles. The number of aryl methyl sites for hydroxylation is 2. The van der Waals surface area contributed by atoms with E-state index in [-0.39, 0.29) is 0 Å². The van der Waals surface area contributed by atoms with Crippen molar-refractivity contribution < 1.29 is 14.3 Å². The predicted octanol–water partition coefficient (Wildman–Crippen LogP) is 3.70. The number of carbonyl (C=O) groups is 1. The summed E-state index contributed by atoms with van der Waals surface area (Å²) in [6, 6.07) is 15.9. The molecule has 2 aromatic carbocycles. The van der Waals surface area contributed by atoms with Gasteiger partial charge in [-0.3, -0.25) is 0 Å². The highest BCUT2D eigenvalue weighted by Crippen LogP contribution is 2.47. The van der Waals surface area contributed by atoms with Crippen LogP contribution >= 0.6 is 0 Å². The number of carbonyl (C=O) groups excluding carboxylic acids is 1. The average molecular weight is 349 g/mol. The van der Waals surface area contributed by atoms with Crippen LogP contribution in [0, 0.1) is 13.8 Å². The SMILES string of the molecule is Cc1ccc([C@H]2OC(=O)O[C@]2(Cn2cncn2)c2ccc(C)cc2)cc1. The number of nitrogens with zero attached hydrogens (tertiary/aromatic N) is 3. The fourth-order valence-corrected chi connectivity index (χ4v) is 3.30. The minimum atomic E-state index is -1.02. The largest absolute Gasteiger partial charge is 0.510 e. The molecule has 2 atom stereocenters. The molecule has 0 radical (unpaired) electrons. The number of rotatable bonds is 4. The maximum Gasteiger partial charge on any atom is 0.510 e. The minimum Gasteiger partial charge on any atom is -0.421 e. The summed E-state index contributed by atoms with van der Waals surface area (Å²) in [6.45, 7) is 4.34. The van der Waals surface area contributed by atoms with E-state index < -0.39 is 17.9 Å². The molecule has 0 unspecified atom stereocenters. The zero-order valence-corrected chi connectivity index (χ0v) is 14.6. The lowest BCUT2D eigenvalue weighted by Gasteiger charge is -2.31. The quantitative estimate of drug-likeness (QED) is 0.672. The Bertz CT molecular complexity index is 904. The molecule has 1 saturated heterocycles. The Morgan fingerprint density at radius 2 is 1.69 bits per heavy atom. The zero-order valence-electron chi connectivity index (χ0n) is 14.6. The van der Waals surface area contributed by atoms with Gasteiger partial charge in [-0.2, -0.15) is 5.10 Å². The van der Waals surface area contributed by atoms with Crippen LogP contribution in [0.4, 0.5) is 4.79 Å². The molecule has 26 heavy (non-hydrogen) atoms. The fraction of sp³-hybridized carbons (Fsp3) is 0.250. The number of cyclic esters (lactones) is 2. The predicted molar refractivity (Wildman–Crippen MR) is 94.4 cm³/mol. The lowest BCUT2D eigenvalue weighted by molar-refractivity contribution is 0.00353. The van der Waals surface area contributed by atoms with Crippen molar-refractivity contribution in [3.05, 3.63) is 83.4 Å². The minimum absolute atomic E-state index is 0.306. The molecule has 132 valence electrons. The van der Waals surface area contributed by atoms with Crippen molar-refractivity contribution in [3.8, 4) is 0 Å². The van der Waals surface area contributed by atoms with E-state index in [0.29, 0.717) is 6.54 Å². The highest BCUT2D eigenvalue weighted by molar-refractivity contribution is 5.65. The van der Waals surface area contributed by atoms with Gasteiger partial charge in [0.05, 0.1) is 6.54 Å². The van der Waals surface area contributed by atoms with E-state index in [4.69, 9.17) is 9.47 Å². The Labute approximate surface area is 151 Å². The van der Waals surface area contributed by atoms with E-state index >= 15 is 0 Å². The van der Waals surface area contributed by atoms with Gasteiger partial charge in [0.15, 0.2) is 6.10 Å². The van der Waals surface area contributed by atoms with Gasteiger partial charge >= 0.3 is 6.16 Å². The molecule has 1 fully saturated rings. The summed E-state index contributed by atoms with van der Waals surface area (Å²) in [5, 5.41) is 4.19. The number of ether oxygens (including phenoxy) is 2. The second-order valence-electron chi connectivity index (χ2n) is 6.61. The molecular formula is C20H19N3O3. The summed E-state index contributed by atoms with van der Waals surface area (Å²) < 4.78 is 13.1. The summed E-state index contributed by atoms with van der Waals surface area (Å²) in [6.07, 6.45) is 1.80. The summed E-state index contributed by atoms with van der Waals surface area (Å²) in [4.78, 5) is 16.2. The molecule has 0 aliphatic carbocycles. The molecule has 1 aliphatic heterocycles. The Hall–Kier alpha value is -3.15. The van der Waals surface area contributed by atoms with Crippen LogP contribution < -0.4 is 0 Å². The van der Waals surface area contributed by atoms with Crippen molar-refractivity contribution in [2.75, 3.05) is 0 Å². The monoisotopic (exact) mass is 349 g/mol. The first-order chi connectivity index (χ1) is 12.6. The van der Waals surface area contributed by atoms with Gasteiger partial charge in [0.2, 0.25) is 5.60 Å². The summed E-state index contributed by atoms with van der Waals surface area (Å²) >= 11 is 0. The summed E-state index contributed by atoms with van der Waals surface area (Å²) in [5.41, 5.74) is 2.98. The molecule has 0 spiro atoms. The lowest BCUT2D eigenvalue weighted by Crippen LogP contribution is -2.37. The van der Waals surface area contributed by atoms with Gasteiger partial charge < -0.3 is 9.47 Å². The number of benzene rings is 2. The Kier molecular flexibility index (Phi) is 3.95. The van der Waals surface area contributed by atoms with E-state index in [2.05, 4.69) is 10.1 Å². The third-order valence-corrected chi connectivity index (χ3v) is 4.69. The van der Waals surface area contributed by atoms with E-state index in [9.17, 15) is 4.79 Å². The average Bonchev–Trinajstić information content (AvgIpc) is 3.25. The lowest BCUT2D eigenvalue weighted by atomic mass is 9.84. The third-order valence-electron chi connectivity index (χ3n) is 4.69. The Morgan fingerprint density at radius 3 is 2.31 bits per heavy atom. The van der Waals surface area contributed by atoms with Gasteiger partial charge in [-0.25, -0.2) is 14.5 Å². The van der Waals surface area contributed by atoms with E-state index in [1.54, 1.807) is 11.0 Å². The molecule has 4 rings (SSSR count). The molecule has 1 aliphatic rings. The molecule has 0 saturated carbocycles. The Morgan fingerprint density at radius 1 is 1.04 bits per heavy atom. The Balaban J connectivity index is 1.85. The maximum atomic E-state index is 12.2. The van der Waals surface area contributed by atoms with Gasteiger partial charge in [-0.05, 0) is 19.4 Å². The number of hydrogen-bond acceptors (Lipinski definition) is 5. The van der Waals surface area contributed by atoms with Crippen LogP contribution in [0.1, 0.15) is 28.4 Å². The first-order valence-electron chi connectivity index (χ1n) is 8.42. The molecular weight excluding hydrogens is 330 g/mol. The second kappa shape index (κ2) is 6.29. The molecule has 3 aromatic rings. The van der Waals surface area contributed by atoms with Crippen molar-refractivity contribution in [1.29, 1.82) is 0 Å². The van der Waals surface area contributed by atoms with Crippen molar-refractivity contribution >= 4 is 6.16 Å². The van der Waals surface area contributed by atoms with Crippen LogP contribution in [0.15, 0.2) is 61.2 Å². The third kappa shape index (κ3) is 2.83. The molecule has 2 heterocycles. The first kappa shape index (κ1) is 16.3. The van der Waals surface area contributed by atoms with Crippen LogP contribution in [-0.2, 0) is 21.6 Å². The van der Waals surface area contributed by atoms with Crippen LogP contribution in [-0.4, -0.2) is 20.9 Å². The van der Waals surface area contributed by atoms with Gasteiger partial charge in [-0.15, -0.1) is 0 Å². The standard InChI is InChI=1S/C20H19N3O3/c1-14-3-7-16(8-4-14)18-20(26-19(24)25-18,11-23-13-21-12-22-23)17-9-5-15(2)6-10-17/h3-10,12-13,18H,11H2,1-2H3/t18-,20-/m1/s1. The van der Waals surface area contributed by atoms with Crippen LogP contribution in [0.25, 0.3) is 0 Å². The van der Waals surface area contributed by atoms with Crippen molar-refractivity contribution in [2.45, 2.75) is 32.1 Å². The highest BCUT2D eigenvalue weighted by Gasteiger charge is 2.54. The highest BCUT2D eigenvalue weighted by atomic mass is 16.8. The van der Waals surface area contributed by atoms with Crippen molar-refractivity contribution in [2.24, 2.45) is 0 Å². The van der Waals surface area contributed by atoms with Gasteiger partial charge in [0.25, 0.3) is 0 Å². The van der Waals surface area contributed by atoms with Crippen molar-refractivity contribution in [1.82, 2.24) is 14.8 Å². The summed E-state index contributed by atoms with van der Waals surface area (Å²) in [5.74, 6) is 0. The topological polar surface area (TPSA) is 66.2 Å². The van der Waals surface area contributed by atoms with Crippen molar-refractivity contribution in [3.63, 3.8) is 0 Å². The van der Waals surface area contributed by atoms with Crippen LogP contribution in [0.2, 0.25) is 0 Å². The van der Waals surface area contributed by atoms with E-state index in [0.717, 1.165) is 22.3 Å². The molecule has 0 amide bonds. The number of aromatic nitrogens is 3. The van der Waals surface area contributed by atoms with Gasteiger partial charge in [0.1, 0.15) is 12.7 Å². The van der Waals surface area contributed by atoms with Crippen LogP contribution in [0.3, 0.4) is 0 Å². The van der Waals surface area contributed by atoms with Gasteiger partial charge in [-0.1, -0.05) is 59.7 Å². The molecule has 6 heteroatoms. The molecule has 0 bridgehead atoms. The fourth-order valence-electron chi connectivity index (χ4n) is 3.30. The summed E-state index contributed by atoms with van der Waals surface area (Å²) in [7, 11) is 0. The van der Waals surface area contributed by atoms with E-state index in [1.807, 2.05) is 62.4 Å². The normalized spacial score (nSPS) is 22.1. The smallest absolute Gasteiger partial charge is 0.421 e. The maximum absolute atomic E-state index is 12.2. The first-order valence-corrected chi connectivity index (χ1v) is 8.42. The van der Waals surface area contributed by atoms with Crippen LogP contribution in [0.5, 0.6) is 0 Å². The van der Waals surface area contributed by atoms with Gasteiger partial charge in [0, 0.05) is 5.56 Å². The molecule has 0 N–H and O–H groups in total.